The van der Waals surface area contributed by atoms with Crippen molar-refractivity contribution in [2.45, 2.75) is 25.8 Å². The molecule has 0 aliphatic carbocycles. The lowest BCUT2D eigenvalue weighted by Crippen LogP contribution is -2.39. The number of anilines is 2. The van der Waals surface area contributed by atoms with Gasteiger partial charge in [0.1, 0.15) is 11.9 Å². The van der Waals surface area contributed by atoms with E-state index in [4.69, 9.17) is 28.6 Å². The van der Waals surface area contributed by atoms with Gasteiger partial charge >= 0.3 is 5.97 Å². The third-order valence-corrected chi connectivity index (χ3v) is 6.69. The first kappa shape index (κ1) is 27.2. The zero-order valence-electron chi connectivity index (χ0n) is 20.5. The van der Waals surface area contributed by atoms with E-state index in [2.05, 4.69) is 5.32 Å². The molecule has 7 nitrogen and oxygen atoms in total. The lowest BCUT2D eigenvalue weighted by Gasteiger charge is -2.24. The second-order valence-electron chi connectivity index (χ2n) is 8.57. The van der Waals surface area contributed by atoms with E-state index in [1.54, 1.807) is 72.5 Å². The Bertz CT molecular complexity index is 1330. The number of nitrogens with zero attached hydrogens (tertiary/aromatic N) is 2. The Balaban J connectivity index is 1.55. The van der Waals surface area contributed by atoms with Crippen molar-refractivity contribution >= 4 is 58.1 Å². The van der Waals surface area contributed by atoms with Crippen molar-refractivity contribution in [2.75, 3.05) is 23.4 Å². The van der Waals surface area contributed by atoms with Gasteiger partial charge in [-0.1, -0.05) is 23.7 Å². The third-order valence-electron chi connectivity index (χ3n) is 6.02. The molecule has 1 aliphatic rings. The zero-order valence-corrected chi connectivity index (χ0v) is 22.1. The van der Waals surface area contributed by atoms with Crippen molar-refractivity contribution in [3.05, 3.63) is 94.8 Å². The number of benzene rings is 3. The maximum atomic E-state index is 13.6. The molecule has 3 aromatic rings. The highest BCUT2D eigenvalue weighted by atomic mass is 35.5. The van der Waals surface area contributed by atoms with E-state index in [1.807, 2.05) is 0 Å². The van der Waals surface area contributed by atoms with E-state index in [1.165, 1.54) is 17.0 Å². The smallest absolute Gasteiger partial charge is 0.338 e. The second kappa shape index (κ2) is 12.1. The number of ether oxygens (including phenoxy) is 1. The highest BCUT2D eigenvalue weighted by Gasteiger charge is 2.44. The Labute approximate surface area is 230 Å². The first-order chi connectivity index (χ1) is 18.3. The number of carbonyl (C=O) groups excluding carboxylic acids is 3. The van der Waals surface area contributed by atoms with Gasteiger partial charge in [-0.2, -0.15) is 0 Å². The van der Waals surface area contributed by atoms with Gasteiger partial charge in [-0.3, -0.25) is 14.5 Å². The standard InChI is InChI=1S/C28H25ClFN3O4S/c1-2-37-27(36)19-5-13-23(14-6-19)33-26(35)24(17-25(34)31-22-11-7-20(29)8-12-22)32(28(33)38)16-15-18-3-9-21(30)10-4-18/h3-14,24H,2,15-17H2,1H3,(H,31,34)/t24-/m1/s1. The van der Waals surface area contributed by atoms with Crippen LogP contribution in [0.1, 0.15) is 29.3 Å². The van der Waals surface area contributed by atoms with E-state index in [0.29, 0.717) is 34.9 Å². The molecule has 0 bridgehead atoms. The van der Waals surface area contributed by atoms with Crippen LogP contribution >= 0.6 is 23.8 Å². The first-order valence-corrected chi connectivity index (χ1v) is 12.8. The molecule has 1 aliphatic heterocycles. The molecule has 196 valence electrons. The molecular formula is C28H25ClFN3O4S. The molecule has 0 unspecified atom stereocenters. The van der Waals surface area contributed by atoms with Crippen LogP contribution in [0.15, 0.2) is 72.8 Å². The van der Waals surface area contributed by atoms with E-state index >= 15 is 0 Å². The van der Waals surface area contributed by atoms with Crippen molar-refractivity contribution in [1.82, 2.24) is 4.90 Å². The molecule has 3 aromatic carbocycles. The van der Waals surface area contributed by atoms with E-state index in [9.17, 15) is 18.8 Å². The van der Waals surface area contributed by atoms with Gasteiger partial charge in [-0.05, 0) is 91.8 Å². The van der Waals surface area contributed by atoms with Gasteiger partial charge in [0, 0.05) is 17.3 Å². The number of hydrogen-bond acceptors (Lipinski definition) is 5. The summed E-state index contributed by atoms with van der Waals surface area (Å²) in [6, 6.07) is 18.3. The molecule has 2 amide bonds. The lowest BCUT2D eigenvalue weighted by atomic mass is 10.1. The summed E-state index contributed by atoms with van der Waals surface area (Å²) in [5, 5.41) is 3.57. The molecule has 10 heteroatoms. The van der Waals surface area contributed by atoms with E-state index < -0.39 is 12.0 Å². The fourth-order valence-electron chi connectivity index (χ4n) is 4.11. The van der Waals surface area contributed by atoms with Gasteiger partial charge in [-0.15, -0.1) is 0 Å². The maximum absolute atomic E-state index is 13.6. The van der Waals surface area contributed by atoms with Crippen molar-refractivity contribution in [3.8, 4) is 0 Å². The number of esters is 1. The summed E-state index contributed by atoms with van der Waals surface area (Å²) in [5.41, 5.74) is 2.24. The Hall–Kier alpha value is -3.82. The van der Waals surface area contributed by atoms with Gasteiger partial charge in [-0.25, -0.2) is 9.18 Å². The lowest BCUT2D eigenvalue weighted by molar-refractivity contribution is -0.124. The Morgan fingerprint density at radius 1 is 1.03 bits per heavy atom. The number of hydrogen-bond donors (Lipinski definition) is 1. The fraction of sp³-hybridized carbons (Fsp3) is 0.214. The van der Waals surface area contributed by atoms with Crippen LogP contribution in [-0.4, -0.2) is 47.0 Å². The fourth-order valence-corrected chi connectivity index (χ4v) is 4.65. The Morgan fingerprint density at radius 3 is 2.32 bits per heavy atom. The van der Waals surface area contributed by atoms with E-state index in [0.717, 1.165) is 5.56 Å². The molecule has 0 saturated carbocycles. The minimum Gasteiger partial charge on any atom is -0.462 e. The summed E-state index contributed by atoms with van der Waals surface area (Å²) >= 11 is 11.6. The van der Waals surface area contributed by atoms with Crippen LogP contribution in [0, 0.1) is 5.82 Å². The van der Waals surface area contributed by atoms with Crippen LogP contribution in [0.2, 0.25) is 5.02 Å². The summed E-state index contributed by atoms with van der Waals surface area (Å²) in [6.07, 6.45) is 0.348. The van der Waals surface area contributed by atoms with Crippen LogP contribution in [0.3, 0.4) is 0 Å². The van der Waals surface area contributed by atoms with Gasteiger partial charge in [0.2, 0.25) is 5.91 Å². The Morgan fingerprint density at radius 2 is 1.68 bits per heavy atom. The summed E-state index contributed by atoms with van der Waals surface area (Å²) in [7, 11) is 0. The highest BCUT2D eigenvalue weighted by molar-refractivity contribution is 7.80. The van der Waals surface area contributed by atoms with Crippen LogP contribution in [0.25, 0.3) is 0 Å². The summed E-state index contributed by atoms with van der Waals surface area (Å²) in [5.74, 6) is -1.52. The molecule has 1 fully saturated rings. The molecule has 0 spiro atoms. The van der Waals surface area contributed by atoms with Gasteiger partial charge in [0.15, 0.2) is 5.11 Å². The normalized spacial score (nSPS) is 15.1. The average Bonchev–Trinajstić information content (AvgIpc) is 3.13. The minimum atomic E-state index is -0.847. The average molecular weight is 554 g/mol. The molecule has 0 aromatic heterocycles. The zero-order chi connectivity index (χ0) is 27.2. The monoisotopic (exact) mass is 553 g/mol. The van der Waals surface area contributed by atoms with Gasteiger partial charge in [0.25, 0.3) is 5.91 Å². The highest BCUT2D eigenvalue weighted by Crippen LogP contribution is 2.28. The molecule has 1 N–H and O–H groups in total. The number of thiocarbonyl (C=S) groups is 1. The molecular weight excluding hydrogens is 529 g/mol. The molecule has 1 atom stereocenters. The summed E-state index contributed by atoms with van der Waals surface area (Å²) in [4.78, 5) is 41.6. The minimum absolute atomic E-state index is 0.136. The summed E-state index contributed by atoms with van der Waals surface area (Å²) in [6.45, 7) is 2.31. The molecule has 1 saturated heterocycles. The van der Waals surface area contributed by atoms with E-state index in [-0.39, 0.29) is 35.8 Å². The summed E-state index contributed by atoms with van der Waals surface area (Å²) < 4.78 is 18.4. The third kappa shape index (κ3) is 6.35. The van der Waals surface area contributed by atoms with Gasteiger partial charge < -0.3 is 15.0 Å². The number of carbonyl (C=O) groups is 3. The molecule has 38 heavy (non-hydrogen) atoms. The number of rotatable bonds is 9. The maximum Gasteiger partial charge on any atom is 0.338 e. The second-order valence-corrected chi connectivity index (χ2v) is 9.37. The van der Waals surface area contributed by atoms with Crippen LogP contribution < -0.4 is 10.2 Å². The number of nitrogens with one attached hydrogen (secondary N) is 1. The van der Waals surface area contributed by atoms with Gasteiger partial charge in [0.05, 0.1) is 24.3 Å². The Kier molecular flexibility index (Phi) is 8.70. The van der Waals surface area contributed by atoms with Crippen LogP contribution in [0.4, 0.5) is 15.8 Å². The van der Waals surface area contributed by atoms with Crippen molar-refractivity contribution < 1.29 is 23.5 Å². The van der Waals surface area contributed by atoms with Crippen LogP contribution in [-0.2, 0) is 20.7 Å². The van der Waals surface area contributed by atoms with Crippen LogP contribution in [0.5, 0.6) is 0 Å². The first-order valence-electron chi connectivity index (χ1n) is 12.0. The van der Waals surface area contributed by atoms with Crippen molar-refractivity contribution in [3.63, 3.8) is 0 Å². The predicted octanol–water partition coefficient (Wildman–Crippen LogP) is 5.23. The number of halogens is 2. The molecule has 4 rings (SSSR count). The number of amides is 2. The topological polar surface area (TPSA) is 78.9 Å². The van der Waals surface area contributed by atoms with Crippen molar-refractivity contribution in [1.29, 1.82) is 0 Å². The van der Waals surface area contributed by atoms with Crippen molar-refractivity contribution in [2.24, 2.45) is 0 Å². The molecule has 1 heterocycles. The SMILES string of the molecule is CCOC(=O)c1ccc(N2C(=O)[C@@H](CC(=O)Nc3ccc(Cl)cc3)N(CCc3ccc(F)cc3)C2=S)cc1. The quantitative estimate of drug-likeness (QED) is 0.289. The molecule has 0 radical (unpaired) electrons. The predicted molar refractivity (Wildman–Crippen MR) is 148 cm³/mol. The largest absolute Gasteiger partial charge is 0.462 e.